The number of hydrogen-bond acceptors (Lipinski definition) is 6. The molecule has 0 fully saturated rings. The Morgan fingerprint density at radius 3 is 2.80 bits per heavy atom. The topological polar surface area (TPSA) is 90.1 Å². The zero-order valence-corrected chi connectivity index (χ0v) is 8.87. The van der Waals surface area contributed by atoms with Crippen LogP contribution in [0.2, 0.25) is 0 Å². The standard InChI is InChI=1S/C8H10N4O2S/c1-14-7(13)4-12-6-3-10-5(2-11-6)8(9)15/h2-3H,4H2,1H3,(H2,9,15)(H,11,12). The second-order valence-electron chi connectivity index (χ2n) is 2.58. The van der Waals surface area contributed by atoms with E-state index in [1.807, 2.05) is 0 Å². The van der Waals surface area contributed by atoms with E-state index in [4.69, 9.17) is 18.0 Å². The fourth-order valence-electron chi connectivity index (χ4n) is 0.781. The van der Waals surface area contributed by atoms with Crippen molar-refractivity contribution < 1.29 is 9.53 Å². The first-order valence-electron chi connectivity index (χ1n) is 4.06. The van der Waals surface area contributed by atoms with Gasteiger partial charge in [-0.15, -0.1) is 0 Å². The second kappa shape index (κ2) is 5.20. The number of thiocarbonyl (C=S) groups is 1. The van der Waals surface area contributed by atoms with Gasteiger partial charge in [0.05, 0.1) is 19.5 Å². The molecule has 0 spiro atoms. The zero-order chi connectivity index (χ0) is 11.3. The van der Waals surface area contributed by atoms with Gasteiger partial charge in [-0.3, -0.25) is 4.79 Å². The number of rotatable bonds is 4. The lowest BCUT2D eigenvalue weighted by atomic mass is 10.4. The number of hydrogen-bond donors (Lipinski definition) is 2. The summed E-state index contributed by atoms with van der Waals surface area (Å²) in [4.78, 5) is 18.9. The van der Waals surface area contributed by atoms with E-state index in [1.165, 1.54) is 19.5 Å². The number of esters is 1. The van der Waals surface area contributed by atoms with Gasteiger partial charge in [0.25, 0.3) is 0 Å². The van der Waals surface area contributed by atoms with Crippen molar-refractivity contribution in [3.05, 3.63) is 18.1 Å². The molecule has 0 saturated heterocycles. The molecule has 15 heavy (non-hydrogen) atoms. The van der Waals surface area contributed by atoms with E-state index in [2.05, 4.69) is 20.0 Å². The van der Waals surface area contributed by atoms with E-state index in [9.17, 15) is 4.79 Å². The smallest absolute Gasteiger partial charge is 0.325 e. The van der Waals surface area contributed by atoms with Crippen molar-refractivity contribution in [3.8, 4) is 0 Å². The predicted molar refractivity (Wildman–Crippen MR) is 58.4 cm³/mol. The maximum Gasteiger partial charge on any atom is 0.325 e. The van der Waals surface area contributed by atoms with Gasteiger partial charge in [-0.1, -0.05) is 12.2 Å². The molecule has 0 atom stereocenters. The Morgan fingerprint density at radius 2 is 2.33 bits per heavy atom. The maximum atomic E-state index is 10.8. The summed E-state index contributed by atoms with van der Waals surface area (Å²) in [5.41, 5.74) is 5.78. The quantitative estimate of drug-likeness (QED) is 0.538. The lowest BCUT2D eigenvalue weighted by Gasteiger charge is -2.03. The molecule has 1 rings (SSSR count). The van der Waals surface area contributed by atoms with E-state index >= 15 is 0 Å². The van der Waals surface area contributed by atoms with Gasteiger partial charge < -0.3 is 15.8 Å². The lowest BCUT2D eigenvalue weighted by molar-refractivity contribution is -0.138. The van der Waals surface area contributed by atoms with Crippen LogP contribution in [0.1, 0.15) is 5.69 Å². The number of ether oxygens (including phenoxy) is 1. The van der Waals surface area contributed by atoms with Crippen LogP contribution in [0.4, 0.5) is 5.82 Å². The Kier molecular flexibility index (Phi) is 3.92. The predicted octanol–water partition coefficient (Wildman–Crippen LogP) is -0.304. The number of nitrogens with one attached hydrogen (secondary N) is 1. The Labute approximate surface area is 91.9 Å². The molecule has 0 bridgehead atoms. The molecule has 0 aromatic carbocycles. The third-order valence-electron chi connectivity index (χ3n) is 1.55. The van der Waals surface area contributed by atoms with Gasteiger partial charge in [0.1, 0.15) is 23.0 Å². The third kappa shape index (κ3) is 3.47. The van der Waals surface area contributed by atoms with Gasteiger partial charge in [-0.25, -0.2) is 9.97 Å². The highest BCUT2D eigenvalue weighted by Gasteiger charge is 2.02. The SMILES string of the molecule is COC(=O)CNc1cnc(C(N)=S)cn1. The van der Waals surface area contributed by atoms with Crippen LogP contribution in [0.15, 0.2) is 12.4 Å². The highest BCUT2D eigenvalue weighted by molar-refractivity contribution is 7.80. The fraction of sp³-hybridized carbons (Fsp3) is 0.250. The molecule has 0 aliphatic rings. The minimum Gasteiger partial charge on any atom is -0.468 e. The van der Waals surface area contributed by atoms with Crippen LogP contribution in [0.3, 0.4) is 0 Å². The summed E-state index contributed by atoms with van der Waals surface area (Å²) >= 11 is 4.71. The van der Waals surface area contributed by atoms with E-state index < -0.39 is 0 Å². The van der Waals surface area contributed by atoms with Gasteiger partial charge >= 0.3 is 5.97 Å². The van der Waals surface area contributed by atoms with E-state index in [0.717, 1.165) is 0 Å². The summed E-state index contributed by atoms with van der Waals surface area (Å²) < 4.78 is 4.44. The molecule has 1 heterocycles. The van der Waals surface area contributed by atoms with Crippen LogP contribution in [0.25, 0.3) is 0 Å². The molecular weight excluding hydrogens is 216 g/mol. The molecule has 0 unspecified atom stereocenters. The van der Waals surface area contributed by atoms with Gasteiger partial charge in [0.2, 0.25) is 0 Å². The molecule has 0 aliphatic carbocycles. The molecule has 0 amide bonds. The summed E-state index contributed by atoms with van der Waals surface area (Å²) in [6, 6.07) is 0. The molecule has 80 valence electrons. The summed E-state index contributed by atoms with van der Waals surface area (Å²) in [6.07, 6.45) is 2.87. The van der Waals surface area contributed by atoms with E-state index in [1.54, 1.807) is 0 Å². The van der Waals surface area contributed by atoms with Crippen molar-refractivity contribution in [2.75, 3.05) is 19.0 Å². The van der Waals surface area contributed by atoms with Crippen LogP contribution < -0.4 is 11.1 Å². The summed E-state index contributed by atoms with van der Waals surface area (Å²) in [5, 5.41) is 2.73. The average molecular weight is 226 g/mol. The Bertz CT molecular complexity index is 365. The number of anilines is 1. The monoisotopic (exact) mass is 226 g/mol. The fourth-order valence-corrected chi connectivity index (χ4v) is 0.887. The van der Waals surface area contributed by atoms with Crippen LogP contribution in [-0.2, 0) is 9.53 Å². The van der Waals surface area contributed by atoms with Gasteiger partial charge in [0, 0.05) is 0 Å². The Hall–Kier alpha value is -1.76. The molecule has 0 radical (unpaired) electrons. The van der Waals surface area contributed by atoms with Crippen LogP contribution in [0.5, 0.6) is 0 Å². The normalized spacial score (nSPS) is 9.40. The molecular formula is C8H10N4O2S. The van der Waals surface area contributed by atoms with Gasteiger partial charge in [-0.05, 0) is 0 Å². The van der Waals surface area contributed by atoms with E-state index in [-0.39, 0.29) is 17.5 Å². The first kappa shape index (κ1) is 11.3. The van der Waals surface area contributed by atoms with Crippen molar-refractivity contribution in [2.45, 2.75) is 0 Å². The maximum absolute atomic E-state index is 10.8. The molecule has 6 nitrogen and oxygen atoms in total. The van der Waals surface area contributed by atoms with E-state index in [0.29, 0.717) is 11.5 Å². The van der Waals surface area contributed by atoms with Crippen LogP contribution in [0, 0.1) is 0 Å². The molecule has 1 aromatic heterocycles. The van der Waals surface area contributed by atoms with Gasteiger partial charge in [0.15, 0.2) is 0 Å². The first-order valence-corrected chi connectivity index (χ1v) is 4.47. The van der Waals surface area contributed by atoms with Gasteiger partial charge in [-0.2, -0.15) is 0 Å². The number of carbonyl (C=O) groups is 1. The molecule has 0 saturated carbocycles. The number of nitrogens with zero attached hydrogens (tertiary/aromatic N) is 2. The van der Waals surface area contributed by atoms with Crippen molar-refractivity contribution >= 4 is 29.0 Å². The lowest BCUT2D eigenvalue weighted by Crippen LogP contribution is -2.17. The van der Waals surface area contributed by atoms with Crippen molar-refractivity contribution in [1.29, 1.82) is 0 Å². The molecule has 0 aliphatic heterocycles. The number of carbonyl (C=O) groups excluding carboxylic acids is 1. The third-order valence-corrected chi connectivity index (χ3v) is 1.75. The minimum atomic E-state index is -0.379. The second-order valence-corrected chi connectivity index (χ2v) is 3.02. The summed E-state index contributed by atoms with van der Waals surface area (Å²) in [7, 11) is 1.31. The minimum absolute atomic E-state index is 0.0393. The number of nitrogens with two attached hydrogens (primary N) is 1. The molecule has 3 N–H and O–H groups in total. The Balaban J connectivity index is 2.57. The molecule has 7 heteroatoms. The van der Waals surface area contributed by atoms with Crippen LogP contribution in [-0.4, -0.2) is 34.6 Å². The van der Waals surface area contributed by atoms with Crippen molar-refractivity contribution in [2.24, 2.45) is 5.73 Å². The average Bonchev–Trinajstić information content (AvgIpc) is 2.26. The Morgan fingerprint density at radius 1 is 1.60 bits per heavy atom. The van der Waals surface area contributed by atoms with Crippen molar-refractivity contribution in [3.63, 3.8) is 0 Å². The largest absolute Gasteiger partial charge is 0.468 e. The summed E-state index contributed by atoms with van der Waals surface area (Å²) in [6.45, 7) is 0.0393. The first-order chi connectivity index (χ1) is 7.13. The zero-order valence-electron chi connectivity index (χ0n) is 8.06. The van der Waals surface area contributed by atoms with Crippen LogP contribution >= 0.6 is 12.2 Å². The molecule has 1 aromatic rings. The highest BCUT2D eigenvalue weighted by atomic mass is 32.1. The van der Waals surface area contributed by atoms with Crippen molar-refractivity contribution in [1.82, 2.24) is 9.97 Å². The number of methoxy groups -OCH3 is 1. The summed E-state index contributed by atoms with van der Waals surface area (Å²) in [5.74, 6) is 0.0793. The highest BCUT2D eigenvalue weighted by Crippen LogP contribution is 2.00. The number of aromatic nitrogens is 2.